The first-order chi connectivity index (χ1) is 8.95. The molecule has 8 nitrogen and oxygen atoms in total. The summed E-state index contributed by atoms with van der Waals surface area (Å²) < 4.78 is 19.6. The molecular formula is C10H14FN3O5. The number of hydrogen-bond donors (Lipinski definition) is 3. The normalized spacial score (nSPS) is 30.6. The van der Waals surface area contributed by atoms with Gasteiger partial charge in [0.2, 0.25) is 0 Å². The molecule has 9 heteroatoms. The highest BCUT2D eigenvalue weighted by molar-refractivity contribution is 5.31. The summed E-state index contributed by atoms with van der Waals surface area (Å²) in [4.78, 5) is 19.6. The number of aliphatic hydroxyl groups is 2. The van der Waals surface area contributed by atoms with Gasteiger partial charge in [0.15, 0.2) is 17.9 Å². The van der Waals surface area contributed by atoms with E-state index in [2.05, 4.69) is 15.3 Å². The smallest absolute Gasteiger partial charge is 0.351 e. The van der Waals surface area contributed by atoms with E-state index in [0.717, 1.165) is 10.8 Å². The van der Waals surface area contributed by atoms with Gasteiger partial charge in [0, 0.05) is 0 Å². The summed E-state index contributed by atoms with van der Waals surface area (Å²) in [6.45, 7) is 1.53. The van der Waals surface area contributed by atoms with Gasteiger partial charge >= 0.3 is 5.69 Å². The van der Waals surface area contributed by atoms with E-state index in [1.165, 1.54) is 14.0 Å². The summed E-state index contributed by atoms with van der Waals surface area (Å²) >= 11 is 0. The van der Waals surface area contributed by atoms with E-state index >= 15 is 0 Å². The Balaban J connectivity index is 2.36. The number of ether oxygens (including phenoxy) is 1. The Bertz CT molecular complexity index is 522. The quantitative estimate of drug-likeness (QED) is 0.607. The van der Waals surface area contributed by atoms with Gasteiger partial charge in [-0.25, -0.2) is 14.7 Å². The maximum atomic E-state index is 13.6. The number of rotatable bonds is 3. The molecular weight excluding hydrogens is 261 g/mol. The van der Waals surface area contributed by atoms with Crippen LogP contribution in [0.2, 0.25) is 0 Å². The van der Waals surface area contributed by atoms with Crippen LogP contribution in [0, 0.1) is 5.82 Å². The summed E-state index contributed by atoms with van der Waals surface area (Å²) in [6, 6.07) is 0. The topological polar surface area (TPSA) is 106 Å². The van der Waals surface area contributed by atoms with Crippen LogP contribution in [0.1, 0.15) is 13.2 Å². The number of aliphatic hydroxyl groups excluding tert-OH is 2. The van der Waals surface area contributed by atoms with E-state index in [1.54, 1.807) is 0 Å². The molecule has 0 aliphatic carbocycles. The zero-order valence-corrected chi connectivity index (χ0v) is 10.3. The summed E-state index contributed by atoms with van der Waals surface area (Å²) in [5.74, 6) is -1.23. The first-order valence-corrected chi connectivity index (χ1v) is 5.55. The van der Waals surface area contributed by atoms with Gasteiger partial charge in [0.1, 0.15) is 12.2 Å². The average molecular weight is 275 g/mol. The Labute approximate surface area is 107 Å². The van der Waals surface area contributed by atoms with Crippen LogP contribution in [-0.4, -0.2) is 45.2 Å². The maximum absolute atomic E-state index is 13.6. The fourth-order valence-electron chi connectivity index (χ4n) is 1.85. The van der Waals surface area contributed by atoms with Gasteiger partial charge in [0.05, 0.1) is 19.4 Å². The highest BCUT2D eigenvalue weighted by Gasteiger charge is 2.42. The third-order valence-corrected chi connectivity index (χ3v) is 2.86. The minimum absolute atomic E-state index is 0.371. The van der Waals surface area contributed by atoms with E-state index in [4.69, 9.17) is 4.74 Å². The lowest BCUT2D eigenvalue weighted by atomic mass is 10.1. The Morgan fingerprint density at radius 2 is 2.21 bits per heavy atom. The molecule has 0 aromatic carbocycles. The van der Waals surface area contributed by atoms with Crippen molar-refractivity contribution in [2.45, 2.75) is 31.5 Å². The lowest BCUT2D eigenvalue weighted by Crippen LogP contribution is -2.35. The van der Waals surface area contributed by atoms with Crippen LogP contribution < -0.4 is 11.2 Å². The fraction of sp³-hybridized carbons (Fsp3) is 0.600. The summed E-state index contributed by atoms with van der Waals surface area (Å²) in [7, 11) is 1.24. The molecule has 1 aromatic heterocycles. The molecule has 3 N–H and O–H groups in total. The zero-order valence-electron chi connectivity index (χ0n) is 10.3. The molecule has 1 fully saturated rings. The first-order valence-electron chi connectivity index (χ1n) is 5.55. The van der Waals surface area contributed by atoms with Crippen LogP contribution in [0.5, 0.6) is 0 Å². The Hall–Kier alpha value is -1.55. The molecule has 1 saturated heterocycles. The van der Waals surface area contributed by atoms with E-state index in [9.17, 15) is 19.4 Å². The summed E-state index contributed by atoms with van der Waals surface area (Å²) in [5.41, 5.74) is 1.27. The first kappa shape index (κ1) is 13.9. The highest BCUT2D eigenvalue weighted by Crippen LogP contribution is 2.28. The van der Waals surface area contributed by atoms with Crippen LogP contribution in [0.4, 0.5) is 10.2 Å². The van der Waals surface area contributed by atoms with Gasteiger partial charge in [-0.15, -0.1) is 0 Å². The van der Waals surface area contributed by atoms with Crippen molar-refractivity contribution in [3.05, 3.63) is 22.5 Å². The van der Waals surface area contributed by atoms with Gasteiger partial charge < -0.3 is 14.9 Å². The molecule has 1 aliphatic heterocycles. The maximum Gasteiger partial charge on any atom is 0.351 e. The van der Waals surface area contributed by atoms with Gasteiger partial charge in [-0.05, 0) is 6.92 Å². The van der Waals surface area contributed by atoms with Gasteiger partial charge in [-0.3, -0.25) is 9.40 Å². The highest BCUT2D eigenvalue weighted by atomic mass is 19.1. The molecule has 0 unspecified atom stereocenters. The largest absolute Gasteiger partial charge is 0.388 e. The van der Waals surface area contributed by atoms with Crippen molar-refractivity contribution in [2.24, 2.45) is 0 Å². The number of nitrogens with one attached hydrogen (secondary N) is 1. The molecule has 19 heavy (non-hydrogen) atoms. The van der Waals surface area contributed by atoms with Crippen molar-refractivity contribution in [2.75, 3.05) is 12.6 Å². The molecule has 0 radical (unpaired) electrons. The van der Waals surface area contributed by atoms with Crippen LogP contribution in [0.3, 0.4) is 0 Å². The molecule has 1 aliphatic rings. The second kappa shape index (κ2) is 5.21. The summed E-state index contributed by atoms with van der Waals surface area (Å²) in [5, 5.41) is 19.3. The van der Waals surface area contributed by atoms with E-state index < -0.39 is 36.0 Å². The second-order valence-corrected chi connectivity index (χ2v) is 4.15. The van der Waals surface area contributed by atoms with E-state index in [0.29, 0.717) is 0 Å². The predicted octanol–water partition coefficient (Wildman–Crippen LogP) is -1.01. The van der Waals surface area contributed by atoms with Crippen LogP contribution in [0.25, 0.3) is 0 Å². The molecule has 1 aromatic rings. The fourth-order valence-corrected chi connectivity index (χ4v) is 1.85. The van der Waals surface area contributed by atoms with Crippen LogP contribution in [0.15, 0.2) is 11.0 Å². The zero-order chi connectivity index (χ0) is 14.2. The molecule has 0 amide bonds. The average Bonchev–Trinajstić information content (AvgIpc) is 2.61. The number of aromatic nitrogens is 2. The van der Waals surface area contributed by atoms with Crippen LogP contribution >= 0.6 is 0 Å². The third-order valence-electron chi connectivity index (χ3n) is 2.86. The lowest BCUT2D eigenvalue weighted by Gasteiger charge is -2.17. The Morgan fingerprint density at radius 1 is 1.53 bits per heavy atom. The molecule has 0 spiro atoms. The van der Waals surface area contributed by atoms with Crippen molar-refractivity contribution >= 4 is 5.82 Å². The molecule has 2 heterocycles. The van der Waals surface area contributed by atoms with E-state index in [1.807, 2.05) is 0 Å². The molecule has 106 valence electrons. The Kier molecular flexibility index (Phi) is 3.80. The molecule has 0 saturated carbocycles. The van der Waals surface area contributed by atoms with Crippen molar-refractivity contribution in [3.63, 3.8) is 0 Å². The minimum Gasteiger partial charge on any atom is -0.388 e. The molecule has 0 bridgehead atoms. The number of hydrogen-bond acceptors (Lipinski definition) is 7. The number of anilines is 1. The number of nitrogens with zero attached hydrogens (tertiary/aromatic N) is 2. The SMILES string of the molecule is CONc1nc(=O)n([C@@H]2O[C@H](C)[C@@H](O)[C@H]2O)cc1F. The standard InChI is InChI=1S/C10H14FN3O5/c1-4-6(15)7(16)9(19-4)14-3-5(11)8(13-18-2)12-10(14)17/h3-4,6-7,9,15-16H,1-2H3,(H,12,13,17)/t4-,6-,7-,9-/m1/s1. The monoisotopic (exact) mass is 275 g/mol. The Morgan fingerprint density at radius 3 is 2.74 bits per heavy atom. The van der Waals surface area contributed by atoms with Crippen molar-refractivity contribution < 1.29 is 24.2 Å². The van der Waals surface area contributed by atoms with Crippen molar-refractivity contribution in [1.29, 1.82) is 0 Å². The lowest BCUT2D eigenvalue weighted by molar-refractivity contribution is -0.0355. The van der Waals surface area contributed by atoms with Gasteiger partial charge in [-0.2, -0.15) is 4.98 Å². The van der Waals surface area contributed by atoms with Crippen molar-refractivity contribution in [1.82, 2.24) is 9.55 Å². The minimum atomic E-state index is -1.34. The molecule has 4 atom stereocenters. The third kappa shape index (κ3) is 2.45. The van der Waals surface area contributed by atoms with Gasteiger partial charge in [0.25, 0.3) is 0 Å². The van der Waals surface area contributed by atoms with Gasteiger partial charge in [-0.1, -0.05) is 0 Å². The number of halogens is 1. The predicted molar refractivity (Wildman–Crippen MR) is 60.7 cm³/mol. The van der Waals surface area contributed by atoms with E-state index in [-0.39, 0.29) is 5.82 Å². The van der Waals surface area contributed by atoms with Crippen molar-refractivity contribution in [3.8, 4) is 0 Å². The second-order valence-electron chi connectivity index (χ2n) is 4.15. The van der Waals surface area contributed by atoms with Crippen LogP contribution in [-0.2, 0) is 9.57 Å². The summed E-state index contributed by atoms with van der Waals surface area (Å²) in [6.07, 6.45) is -3.52. The molecule has 2 rings (SSSR count).